The minimum absolute atomic E-state index is 0.187. The summed E-state index contributed by atoms with van der Waals surface area (Å²) in [6.45, 7) is 1.50. The molecule has 1 fully saturated rings. The fourth-order valence-electron chi connectivity index (χ4n) is 2.55. The van der Waals surface area contributed by atoms with Gasteiger partial charge in [0.05, 0.1) is 5.76 Å². The van der Waals surface area contributed by atoms with Crippen LogP contribution in [-0.2, 0) is 4.79 Å². The predicted octanol–water partition coefficient (Wildman–Crippen LogP) is 4.95. The number of rotatable bonds is 7. The summed E-state index contributed by atoms with van der Waals surface area (Å²) in [7, 11) is 0. The van der Waals surface area contributed by atoms with Crippen molar-refractivity contribution < 1.29 is 23.1 Å². The summed E-state index contributed by atoms with van der Waals surface area (Å²) < 4.78 is 36.2. The Morgan fingerprint density at radius 1 is 1.35 bits per heavy atom. The molecule has 1 rings (SSSR count). The molecule has 0 spiro atoms. The van der Waals surface area contributed by atoms with E-state index in [4.69, 9.17) is 0 Å². The molecule has 2 nitrogen and oxygen atoms in total. The van der Waals surface area contributed by atoms with Crippen LogP contribution in [0, 0.1) is 11.8 Å². The highest BCUT2D eigenvalue weighted by Crippen LogP contribution is 2.29. The molecule has 1 aliphatic rings. The second-order valence-electron chi connectivity index (χ2n) is 5.78. The first-order chi connectivity index (χ1) is 9.28. The van der Waals surface area contributed by atoms with Crippen LogP contribution in [0.15, 0.2) is 11.8 Å². The minimum atomic E-state index is -4.22. The van der Waals surface area contributed by atoms with Gasteiger partial charge in [-0.3, -0.25) is 4.79 Å². The number of carbonyl (C=O) groups excluding carboxylic acids is 1. The topological polar surface area (TPSA) is 37.3 Å². The van der Waals surface area contributed by atoms with Gasteiger partial charge in [0.1, 0.15) is 0 Å². The van der Waals surface area contributed by atoms with Gasteiger partial charge in [0.2, 0.25) is 0 Å². The molecule has 1 unspecified atom stereocenters. The molecule has 1 saturated carbocycles. The highest BCUT2D eigenvalue weighted by molar-refractivity contribution is 5.89. The van der Waals surface area contributed by atoms with Crippen LogP contribution in [0.1, 0.15) is 58.3 Å². The Morgan fingerprint density at radius 3 is 2.50 bits per heavy atom. The molecule has 116 valence electrons. The number of hydrogen-bond donors (Lipinski definition) is 1. The van der Waals surface area contributed by atoms with Crippen LogP contribution in [0.25, 0.3) is 0 Å². The summed E-state index contributed by atoms with van der Waals surface area (Å²) in [6.07, 6.45) is 1.69. The fraction of sp³-hybridized carbons (Fsp3) is 0.800. The molecule has 0 heterocycles. The van der Waals surface area contributed by atoms with E-state index < -0.39 is 18.5 Å². The molecule has 0 bridgehead atoms. The van der Waals surface area contributed by atoms with E-state index in [0.29, 0.717) is 12.3 Å². The van der Waals surface area contributed by atoms with Crippen LogP contribution in [0.4, 0.5) is 13.2 Å². The van der Waals surface area contributed by atoms with Crippen molar-refractivity contribution in [2.45, 2.75) is 64.5 Å². The molecular formula is C15H23F3O2. The molecule has 0 aromatic carbocycles. The molecular weight excluding hydrogens is 269 g/mol. The van der Waals surface area contributed by atoms with Gasteiger partial charge in [-0.05, 0) is 18.8 Å². The number of ketones is 1. The quantitative estimate of drug-likeness (QED) is 0.532. The zero-order valence-electron chi connectivity index (χ0n) is 11.9. The number of aliphatic hydroxyl groups excluding tert-OH is 1. The minimum Gasteiger partial charge on any atom is -0.512 e. The molecule has 1 atom stereocenters. The largest absolute Gasteiger partial charge is 0.512 e. The Kier molecular flexibility index (Phi) is 6.56. The van der Waals surface area contributed by atoms with Crippen molar-refractivity contribution in [3.63, 3.8) is 0 Å². The van der Waals surface area contributed by atoms with E-state index in [1.807, 2.05) is 0 Å². The van der Waals surface area contributed by atoms with E-state index in [9.17, 15) is 23.1 Å². The average Bonchev–Trinajstić information content (AvgIpc) is 2.85. The fourth-order valence-corrected chi connectivity index (χ4v) is 2.55. The van der Waals surface area contributed by atoms with Crippen LogP contribution in [0.5, 0.6) is 0 Å². The predicted molar refractivity (Wildman–Crippen MR) is 71.4 cm³/mol. The number of aliphatic hydroxyl groups is 1. The van der Waals surface area contributed by atoms with E-state index in [0.717, 1.165) is 25.3 Å². The van der Waals surface area contributed by atoms with E-state index >= 15 is 0 Å². The molecule has 0 aromatic heterocycles. The lowest BCUT2D eigenvalue weighted by atomic mass is 9.98. The average molecular weight is 292 g/mol. The molecule has 0 aliphatic heterocycles. The molecule has 20 heavy (non-hydrogen) atoms. The zero-order chi connectivity index (χ0) is 15.2. The zero-order valence-corrected chi connectivity index (χ0v) is 11.9. The van der Waals surface area contributed by atoms with Crippen molar-refractivity contribution in [1.82, 2.24) is 0 Å². The van der Waals surface area contributed by atoms with Crippen LogP contribution in [-0.4, -0.2) is 17.1 Å². The number of allylic oxidation sites excluding steroid dienone is 2. The third kappa shape index (κ3) is 6.96. The summed E-state index contributed by atoms with van der Waals surface area (Å²) in [4.78, 5) is 11.7. The van der Waals surface area contributed by atoms with Crippen LogP contribution >= 0.6 is 0 Å². The lowest BCUT2D eigenvalue weighted by molar-refractivity contribution is -0.137. The van der Waals surface area contributed by atoms with Crippen molar-refractivity contribution in [1.29, 1.82) is 0 Å². The third-order valence-corrected chi connectivity index (χ3v) is 3.95. The standard InChI is InChI=1S/C15H23F3O2/c1-11(8-9-15(16,17)18)14(20)10-13(19)7-6-12-4-2-3-5-12/h10-12,20H,2-9H2,1H3/b14-10-. The highest BCUT2D eigenvalue weighted by atomic mass is 19.4. The Bertz CT molecular complexity index is 342. The number of halogens is 3. The second-order valence-corrected chi connectivity index (χ2v) is 5.78. The van der Waals surface area contributed by atoms with Crippen LogP contribution < -0.4 is 0 Å². The maximum atomic E-state index is 12.1. The Labute approximate surface area is 118 Å². The normalized spacial score (nSPS) is 19.3. The SMILES string of the molecule is CC(CCC(F)(F)F)/C(O)=C/C(=O)CCC1CCCC1. The Hall–Kier alpha value is -1.00. The molecule has 1 aliphatic carbocycles. The van der Waals surface area contributed by atoms with Gasteiger partial charge < -0.3 is 5.11 Å². The summed E-state index contributed by atoms with van der Waals surface area (Å²) in [5.41, 5.74) is 0. The highest BCUT2D eigenvalue weighted by Gasteiger charge is 2.28. The summed E-state index contributed by atoms with van der Waals surface area (Å²) in [6, 6.07) is 0. The van der Waals surface area contributed by atoms with Gasteiger partial charge in [-0.1, -0.05) is 32.6 Å². The first kappa shape index (κ1) is 17.1. The summed E-state index contributed by atoms with van der Waals surface area (Å²) in [5, 5.41) is 9.65. The third-order valence-electron chi connectivity index (χ3n) is 3.95. The van der Waals surface area contributed by atoms with E-state index in [-0.39, 0.29) is 18.0 Å². The Morgan fingerprint density at radius 2 is 1.95 bits per heavy atom. The van der Waals surface area contributed by atoms with Gasteiger partial charge in [-0.2, -0.15) is 13.2 Å². The van der Waals surface area contributed by atoms with E-state index in [1.54, 1.807) is 0 Å². The smallest absolute Gasteiger partial charge is 0.389 e. The lowest BCUT2D eigenvalue weighted by Crippen LogP contribution is -2.11. The van der Waals surface area contributed by atoms with Gasteiger partial charge in [0.25, 0.3) is 0 Å². The summed E-state index contributed by atoms with van der Waals surface area (Å²) >= 11 is 0. The van der Waals surface area contributed by atoms with Crippen molar-refractivity contribution >= 4 is 5.78 Å². The van der Waals surface area contributed by atoms with Gasteiger partial charge in [-0.15, -0.1) is 0 Å². The van der Waals surface area contributed by atoms with Gasteiger partial charge >= 0.3 is 6.18 Å². The molecule has 0 saturated heterocycles. The van der Waals surface area contributed by atoms with Gasteiger partial charge in [0, 0.05) is 24.8 Å². The molecule has 0 aromatic rings. The van der Waals surface area contributed by atoms with Crippen molar-refractivity contribution in [3.8, 4) is 0 Å². The van der Waals surface area contributed by atoms with Crippen molar-refractivity contribution in [2.75, 3.05) is 0 Å². The second kappa shape index (κ2) is 7.70. The van der Waals surface area contributed by atoms with E-state index in [2.05, 4.69) is 0 Å². The Balaban J connectivity index is 2.32. The van der Waals surface area contributed by atoms with Crippen LogP contribution in [0.3, 0.4) is 0 Å². The number of hydrogen-bond acceptors (Lipinski definition) is 2. The molecule has 1 N–H and O–H groups in total. The molecule has 5 heteroatoms. The maximum Gasteiger partial charge on any atom is 0.389 e. The van der Waals surface area contributed by atoms with Crippen molar-refractivity contribution in [3.05, 3.63) is 11.8 Å². The number of alkyl halides is 3. The monoisotopic (exact) mass is 292 g/mol. The first-order valence-corrected chi connectivity index (χ1v) is 7.28. The molecule has 0 radical (unpaired) electrons. The lowest BCUT2D eigenvalue weighted by Gasteiger charge is -2.12. The van der Waals surface area contributed by atoms with Gasteiger partial charge in [0.15, 0.2) is 5.78 Å². The van der Waals surface area contributed by atoms with E-state index in [1.165, 1.54) is 19.8 Å². The van der Waals surface area contributed by atoms with Crippen molar-refractivity contribution in [2.24, 2.45) is 11.8 Å². The number of carbonyl (C=O) groups is 1. The summed E-state index contributed by atoms with van der Waals surface area (Å²) in [5.74, 6) is -0.455. The van der Waals surface area contributed by atoms with Crippen LogP contribution in [0.2, 0.25) is 0 Å². The van der Waals surface area contributed by atoms with Gasteiger partial charge in [-0.25, -0.2) is 0 Å². The maximum absolute atomic E-state index is 12.1. The first-order valence-electron chi connectivity index (χ1n) is 7.28. The molecule has 0 amide bonds.